The summed E-state index contributed by atoms with van der Waals surface area (Å²) in [6.45, 7) is 6.62. The topological polar surface area (TPSA) is 68.5 Å². The van der Waals surface area contributed by atoms with E-state index in [1.807, 2.05) is 44.2 Å². The molecule has 28 heavy (non-hydrogen) atoms. The molecular weight excluding hydrogens is 354 g/mol. The van der Waals surface area contributed by atoms with Crippen molar-refractivity contribution in [2.75, 3.05) is 6.61 Å². The van der Waals surface area contributed by atoms with Crippen LogP contribution in [0.4, 0.5) is 0 Å². The molecule has 0 fully saturated rings. The molecule has 2 aromatic carbocycles. The maximum atomic E-state index is 13.2. The first kappa shape index (κ1) is 18.3. The number of nitrogens with one attached hydrogen (secondary N) is 1. The minimum atomic E-state index is -0.520. The molecule has 5 nitrogen and oxygen atoms in total. The summed E-state index contributed by atoms with van der Waals surface area (Å²) < 4.78 is 11.6. The molecule has 1 atom stereocenters. The Bertz CT molecular complexity index is 1110. The normalized spacial score (nSPS) is 15.5. The summed E-state index contributed by atoms with van der Waals surface area (Å²) in [5, 5.41) is 3.42. The highest BCUT2D eigenvalue weighted by atomic mass is 16.5. The van der Waals surface area contributed by atoms with Gasteiger partial charge in [-0.25, -0.2) is 0 Å². The number of fused-ring (bicyclic) bond motifs is 2. The monoisotopic (exact) mass is 377 g/mol. The van der Waals surface area contributed by atoms with Crippen molar-refractivity contribution in [2.24, 2.45) is 0 Å². The van der Waals surface area contributed by atoms with Crippen LogP contribution >= 0.6 is 0 Å². The Labute approximate surface area is 163 Å². The van der Waals surface area contributed by atoms with Gasteiger partial charge in [-0.05, 0) is 55.2 Å². The van der Waals surface area contributed by atoms with Crippen molar-refractivity contribution in [1.82, 2.24) is 5.32 Å². The van der Waals surface area contributed by atoms with Crippen molar-refractivity contribution < 1.29 is 13.9 Å². The van der Waals surface area contributed by atoms with Crippen LogP contribution < -0.4 is 15.5 Å². The summed E-state index contributed by atoms with van der Waals surface area (Å²) in [5.41, 5.74) is 3.35. The highest BCUT2D eigenvalue weighted by Crippen LogP contribution is 2.32. The number of rotatable bonds is 5. The zero-order valence-electron chi connectivity index (χ0n) is 16.3. The first-order chi connectivity index (χ1) is 13.5. The van der Waals surface area contributed by atoms with Crippen LogP contribution in [-0.2, 0) is 0 Å². The first-order valence-corrected chi connectivity index (χ1v) is 9.61. The number of benzene rings is 2. The number of aryl methyl sites for hydroxylation is 2. The highest BCUT2D eigenvalue weighted by Gasteiger charge is 2.36. The number of carbonyl (C=O) groups is 1. The van der Waals surface area contributed by atoms with Crippen molar-refractivity contribution in [3.8, 4) is 5.75 Å². The van der Waals surface area contributed by atoms with Gasteiger partial charge in [-0.3, -0.25) is 9.59 Å². The summed E-state index contributed by atoms with van der Waals surface area (Å²) in [7, 11) is 0. The quantitative estimate of drug-likeness (QED) is 0.668. The Balaban J connectivity index is 1.76. The smallest absolute Gasteiger partial charge is 0.288 e. The van der Waals surface area contributed by atoms with Gasteiger partial charge in [0.05, 0.1) is 23.6 Å². The van der Waals surface area contributed by atoms with Crippen molar-refractivity contribution in [2.45, 2.75) is 39.7 Å². The molecule has 0 bridgehead atoms. The third kappa shape index (κ3) is 3.07. The van der Waals surface area contributed by atoms with Gasteiger partial charge in [-0.1, -0.05) is 31.5 Å². The number of ether oxygens (including phenoxy) is 1. The van der Waals surface area contributed by atoms with Crippen molar-refractivity contribution >= 4 is 16.9 Å². The molecule has 3 aromatic rings. The number of unbranched alkanes of at least 4 members (excludes halogenated alkanes) is 1. The average molecular weight is 377 g/mol. The summed E-state index contributed by atoms with van der Waals surface area (Å²) in [5.74, 6) is 0.524. The van der Waals surface area contributed by atoms with Gasteiger partial charge in [0.15, 0.2) is 5.43 Å². The Morgan fingerprint density at radius 1 is 1.11 bits per heavy atom. The van der Waals surface area contributed by atoms with E-state index in [1.165, 1.54) is 0 Å². The van der Waals surface area contributed by atoms with Crippen molar-refractivity contribution in [3.05, 3.63) is 74.6 Å². The molecule has 0 saturated heterocycles. The van der Waals surface area contributed by atoms with Gasteiger partial charge in [0, 0.05) is 0 Å². The molecule has 1 aliphatic rings. The van der Waals surface area contributed by atoms with E-state index in [9.17, 15) is 9.59 Å². The number of carbonyl (C=O) groups excluding carboxylic acids is 1. The Morgan fingerprint density at radius 2 is 1.86 bits per heavy atom. The average Bonchev–Trinajstić information content (AvgIpc) is 2.99. The standard InChI is InChI=1S/C23H23NO4/c1-4-5-10-27-16-8-6-15(7-9-16)20-19-21(25)18-14(3)11-13(2)12-17(18)28-22(19)23(26)24-20/h6-9,11-12,20H,4-5,10H2,1-3H3,(H,24,26). The molecule has 0 radical (unpaired) electrons. The van der Waals surface area contributed by atoms with Crippen LogP contribution in [0.3, 0.4) is 0 Å². The van der Waals surface area contributed by atoms with E-state index in [0.717, 1.165) is 35.3 Å². The fraction of sp³-hybridized carbons (Fsp3) is 0.304. The van der Waals surface area contributed by atoms with Gasteiger partial charge in [-0.15, -0.1) is 0 Å². The van der Waals surface area contributed by atoms with Crippen LogP contribution in [0.1, 0.15) is 58.6 Å². The predicted molar refractivity (Wildman–Crippen MR) is 108 cm³/mol. The van der Waals surface area contributed by atoms with E-state index in [1.54, 1.807) is 6.07 Å². The minimum absolute atomic E-state index is 0.107. The lowest BCUT2D eigenvalue weighted by atomic mass is 9.97. The van der Waals surface area contributed by atoms with Crippen LogP contribution in [0.5, 0.6) is 5.75 Å². The molecule has 1 amide bonds. The van der Waals surface area contributed by atoms with Gasteiger partial charge in [0.1, 0.15) is 11.3 Å². The Hall–Kier alpha value is -3.08. The van der Waals surface area contributed by atoms with Crippen LogP contribution in [-0.4, -0.2) is 12.5 Å². The highest BCUT2D eigenvalue weighted by molar-refractivity contribution is 5.99. The Morgan fingerprint density at radius 3 is 2.57 bits per heavy atom. The fourth-order valence-corrected chi connectivity index (χ4v) is 3.74. The van der Waals surface area contributed by atoms with Crippen LogP contribution in [0, 0.1) is 13.8 Å². The molecular formula is C23H23NO4. The third-order valence-corrected chi connectivity index (χ3v) is 5.12. The molecule has 0 spiro atoms. The second-order valence-corrected chi connectivity index (χ2v) is 7.31. The maximum absolute atomic E-state index is 13.2. The van der Waals surface area contributed by atoms with Gasteiger partial charge >= 0.3 is 0 Å². The zero-order chi connectivity index (χ0) is 19.8. The molecule has 0 aliphatic carbocycles. The van der Waals surface area contributed by atoms with E-state index < -0.39 is 6.04 Å². The summed E-state index contributed by atoms with van der Waals surface area (Å²) in [6.07, 6.45) is 2.08. The van der Waals surface area contributed by atoms with E-state index in [0.29, 0.717) is 23.1 Å². The zero-order valence-corrected chi connectivity index (χ0v) is 16.3. The lowest BCUT2D eigenvalue weighted by Gasteiger charge is -2.13. The van der Waals surface area contributed by atoms with Gasteiger partial charge in [0.25, 0.3) is 5.91 Å². The lowest BCUT2D eigenvalue weighted by Crippen LogP contribution is -2.22. The van der Waals surface area contributed by atoms with E-state index in [-0.39, 0.29) is 17.1 Å². The van der Waals surface area contributed by atoms with Crippen LogP contribution in [0.15, 0.2) is 45.6 Å². The molecule has 1 aliphatic heterocycles. The van der Waals surface area contributed by atoms with Crippen LogP contribution in [0.2, 0.25) is 0 Å². The number of amides is 1. The third-order valence-electron chi connectivity index (χ3n) is 5.12. The van der Waals surface area contributed by atoms with E-state index >= 15 is 0 Å². The summed E-state index contributed by atoms with van der Waals surface area (Å²) in [4.78, 5) is 25.7. The second kappa shape index (κ2) is 7.15. The van der Waals surface area contributed by atoms with Crippen molar-refractivity contribution in [3.63, 3.8) is 0 Å². The maximum Gasteiger partial charge on any atom is 0.288 e. The molecule has 0 saturated carbocycles. The molecule has 1 aromatic heterocycles. The van der Waals surface area contributed by atoms with Crippen molar-refractivity contribution in [1.29, 1.82) is 0 Å². The second-order valence-electron chi connectivity index (χ2n) is 7.31. The first-order valence-electron chi connectivity index (χ1n) is 9.61. The van der Waals surface area contributed by atoms with E-state index in [4.69, 9.17) is 9.15 Å². The van der Waals surface area contributed by atoms with Gasteiger partial charge < -0.3 is 14.5 Å². The predicted octanol–water partition coefficient (Wildman–Crippen LogP) is 4.42. The molecule has 1 unspecified atom stereocenters. The van der Waals surface area contributed by atoms with E-state index in [2.05, 4.69) is 12.2 Å². The van der Waals surface area contributed by atoms with Crippen LogP contribution in [0.25, 0.3) is 11.0 Å². The Kier molecular flexibility index (Phi) is 4.67. The number of hydrogen-bond donors (Lipinski definition) is 1. The summed E-state index contributed by atoms with van der Waals surface area (Å²) in [6, 6.07) is 10.7. The number of hydrogen-bond acceptors (Lipinski definition) is 4. The minimum Gasteiger partial charge on any atom is -0.494 e. The SMILES string of the molecule is CCCCOc1ccc(C2NC(=O)c3oc4cc(C)cc(C)c4c(=O)c32)cc1. The largest absolute Gasteiger partial charge is 0.494 e. The molecule has 1 N–H and O–H groups in total. The molecule has 2 heterocycles. The lowest BCUT2D eigenvalue weighted by molar-refractivity contribution is 0.0938. The van der Waals surface area contributed by atoms with Gasteiger partial charge in [0.2, 0.25) is 5.76 Å². The molecule has 4 rings (SSSR count). The van der Waals surface area contributed by atoms with Gasteiger partial charge in [-0.2, -0.15) is 0 Å². The molecule has 5 heteroatoms. The molecule has 144 valence electrons. The fourth-order valence-electron chi connectivity index (χ4n) is 3.74. The summed E-state index contributed by atoms with van der Waals surface area (Å²) >= 11 is 0.